The Balaban J connectivity index is 2.00. The molecule has 1 N–H and O–H groups in total. The van der Waals surface area contributed by atoms with Gasteiger partial charge in [-0.25, -0.2) is 13.2 Å². The number of methoxy groups -OCH3 is 1. The summed E-state index contributed by atoms with van der Waals surface area (Å²) in [6, 6.07) is 13.3. The molecule has 0 spiro atoms. The van der Waals surface area contributed by atoms with E-state index >= 15 is 0 Å². The smallest absolute Gasteiger partial charge is 0.355 e. The van der Waals surface area contributed by atoms with Crippen LogP contribution >= 0.6 is 11.6 Å². The minimum absolute atomic E-state index is 0.0447. The molecule has 3 aromatic rings. The number of ether oxygens (including phenoxy) is 2. The second kappa shape index (κ2) is 10.4. The normalized spacial score (nSPS) is 11.6. The number of halogens is 1. The van der Waals surface area contributed by atoms with Crippen LogP contribution in [0.5, 0.6) is 5.75 Å². The van der Waals surface area contributed by atoms with Crippen LogP contribution in [0.15, 0.2) is 53.4 Å². The fourth-order valence-corrected chi connectivity index (χ4v) is 4.93. The number of sulfonamides is 1. The first kappa shape index (κ1) is 24.8. The Bertz CT molecular complexity index is 1220. The molecule has 0 bridgehead atoms. The number of benzene rings is 2. The number of nitrogens with zero attached hydrogens (tertiary/aromatic N) is 1. The van der Waals surface area contributed by atoms with Crippen LogP contribution < -0.4 is 4.74 Å². The topological polar surface area (TPSA) is 88.7 Å². The third-order valence-electron chi connectivity index (χ3n) is 5.45. The van der Waals surface area contributed by atoms with Gasteiger partial charge in [0.25, 0.3) is 0 Å². The first-order valence-corrected chi connectivity index (χ1v) is 12.2. The van der Waals surface area contributed by atoms with E-state index < -0.39 is 16.0 Å². The summed E-state index contributed by atoms with van der Waals surface area (Å²) in [6.45, 7) is 5.82. The van der Waals surface area contributed by atoms with Gasteiger partial charge in [-0.05, 0) is 73.9 Å². The van der Waals surface area contributed by atoms with E-state index in [-0.39, 0.29) is 24.6 Å². The quantitative estimate of drug-likeness (QED) is 0.432. The zero-order valence-electron chi connectivity index (χ0n) is 19.0. The Hall–Kier alpha value is -2.81. The lowest BCUT2D eigenvalue weighted by Crippen LogP contribution is -2.30. The molecule has 3 rings (SSSR count). The highest BCUT2D eigenvalue weighted by molar-refractivity contribution is 7.89. The lowest BCUT2D eigenvalue weighted by molar-refractivity contribution is 0.0519. The van der Waals surface area contributed by atoms with E-state index in [1.807, 2.05) is 26.0 Å². The molecule has 1 heterocycles. The van der Waals surface area contributed by atoms with Crippen molar-refractivity contribution in [3.63, 3.8) is 0 Å². The Morgan fingerprint density at radius 3 is 2.21 bits per heavy atom. The van der Waals surface area contributed by atoms with E-state index in [1.165, 1.54) is 16.4 Å². The van der Waals surface area contributed by atoms with Crippen LogP contribution in [0.4, 0.5) is 0 Å². The number of H-pyrrole nitrogens is 1. The van der Waals surface area contributed by atoms with E-state index in [1.54, 1.807) is 38.3 Å². The maximum Gasteiger partial charge on any atom is 0.355 e. The van der Waals surface area contributed by atoms with Crippen molar-refractivity contribution in [2.45, 2.75) is 38.8 Å². The lowest BCUT2D eigenvalue weighted by Gasteiger charge is -2.23. The van der Waals surface area contributed by atoms with Crippen molar-refractivity contribution in [2.24, 2.45) is 0 Å². The third-order valence-corrected chi connectivity index (χ3v) is 7.51. The van der Waals surface area contributed by atoms with Gasteiger partial charge >= 0.3 is 5.97 Å². The van der Waals surface area contributed by atoms with Gasteiger partial charge < -0.3 is 14.5 Å². The van der Waals surface area contributed by atoms with Gasteiger partial charge in [-0.15, -0.1) is 0 Å². The second-order valence-corrected chi connectivity index (χ2v) is 9.90. The van der Waals surface area contributed by atoms with Crippen molar-refractivity contribution < 1.29 is 22.7 Å². The third kappa shape index (κ3) is 5.58. The molecule has 0 aliphatic rings. The summed E-state index contributed by atoms with van der Waals surface area (Å²) >= 11 is 5.96. The fourth-order valence-electron chi connectivity index (χ4n) is 3.41. The average molecular weight is 491 g/mol. The monoisotopic (exact) mass is 490 g/mol. The first-order chi connectivity index (χ1) is 15.7. The number of carbonyl (C=O) groups is 1. The highest BCUT2D eigenvalue weighted by atomic mass is 35.5. The van der Waals surface area contributed by atoms with Gasteiger partial charge in [0.05, 0.1) is 25.2 Å². The molecule has 9 heteroatoms. The van der Waals surface area contributed by atoms with Crippen molar-refractivity contribution in [3.05, 3.63) is 81.6 Å². The Morgan fingerprint density at radius 2 is 1.64 bits per heavy atom. The lowest BCUT2D eigenvalue weighted by atomic mass is 10.1. The largest absolute Gasteiger partial charge is 0.497 e. The molecular weight excluding hydrogens is 464 g/mol. The van der Waals surface area contributed by atoms with Crippen molar-refractivity contribution in [3.8, 4) is 5.75 Å². The van der Waals surface area contributed by atoms with E-state index in [0.29, 0.717) is 22.2 Å². The minimum atomic E-state index is -3.87. The van der Waals surface area contributed by atoms with Crippen LogP contribution in [0, 0.1) is 13.8 Å². The summed E-state index contributed by atoms with van der Waals surface area (Å²) in [5.74, 6) is 0.215. The number of aromatic amines is 1. The van der Waals surface area contributed by atoms with Crippen LogP contribution in [0.25, 0.3) is 0 Å². The molecule has 7 nitrogen and oxygen atoms in total. The van der Waals surface area contributed by atoms with Gasteiger partial charge in [-0.1, -0.05) is 23.7 Å². The van der Waals surface area contributed by atoms with Gasteiger partial charge in [-0.2, -0.15) is 4.31 Å². The van der Waals surface area contributed by atoms with Gasteiger partial charge in [-0.3, -0.25) is 0 Å². The predicted octanol–water partition coefficient (Wildman–Crippen LogP) is 4.86. The van der Waals surface area contributed by atoms with Gasteiger partial charge in [0.15, 0.2) is 0 Å². The molecule has 0 unspecified atom stereocenters. The highest BCUT2D eigenvalue weighted by Gasteiger charge is 2.27. The van der Waals surface area contributed by atoms with E-state index in [0.717, 1.165) is 16.7 Å². The molecule has 0 aliphatic carbocycles. The standard InChI is InChI=1S/C24H27ClN2O5S/c1-5-32-24(28)23-17(3)16(2)22(26-23)15-27(14-18-6-10-20(31-4)11-7-18)33(29,30)21-12-8-19(25)9-13-21/h6-13,26H,5,14-15H2,1-4H3. The zero-order valence-corrected chi connectivity index (χ0v) is 20.6. The number of hydrogen-bond donors (Lipinski definition) is 1. The average Bonchev–Trinajstić information content (AvgIpc) is 3.08. The number of aromatic nitrogens is 1. The van der Waals surface area contributed by atoms with Crippen molar-refractivity contribution in [2.75, 3.05) is 13.7 Å². The number of hydrogen-bond acceptors (Lipinski definition) is 5. The molecule has 0 saturated heterocycles. The molecule has 1 aromatic heterocycles. The van der Waals surface area contributed by atoms with Gasteiger partial charge in [0.1, 0.15) is 11.4 Å². The number of nitrogens with one attached hydrogen (secondary N) is 1. The molecule has 0 amide bonds. The van der Waals surface area contributed by atoms with Crippen LogP contribution in [0.1, 0.15) is 39.8 Å². The summed E-state index contributed by atoms with van der Waals surface area (Å²) in [4.78, 5) is 15.5. The molecule has 0 fully saturated rings. The van der Waals surface area contributed by atoms with Crippen molar-refractivity contribution >= 4 is 27.6 Å². The summed E-state index contributed by atoms with van der Waals surface area (Å²) in [5.41, 5.74) is 3.29. The Kier molecular flexibility index (Phi) is 7.84. The Labute approximate surface area is 199 Å². The van der Waals surface area contributed by atoms with Crippen molar-refractivity contribution in [1.82, 2.24) is 9.29 Å². The summed E-state index contributed by atoms with van der Waals surface area (Å²) in [5, 5.41) is 0.450. The first-order valence-electron chi connectivity index (χ1n) is 10.4. The molecule has 0 atom stereocenters. The maximum absolute atomic E-state index is 13.6. The summed E-state index contributed by atoms with van der Waals surface area (Å²) in [6.07, 6.45) is 0. The molecular formula is C24H27ClN2O5S. The molecule has 176 valence electrons. The van der Waals surface area contributed by atoms with Gasteiger partial charge in [0.2, 0.25) is 10.0 Å². The van der Waals surface area contributed by atoms with Crippen molar-refractivity contribution in [1.29, 1.82) is 0 Å². The fraction of sp³-hybridized carbons (Fsp3) is 0.292. The van der Waals surface area contributed by atoms with Crippen LogP contribution in [-0.2, 0) is 27.8 Å². The number of rotatable bonds is 9. The second-order valence-electron chi connectivity index (χ2n) is 7.52. The SMILES string of the molecule is CCOC(=O)c1[nH]c(CN(Cc2ccc(OC)cc2)S(=O)(=O)c2ccc(Cl)cc2)c(C)c1C. The summed E-state index contributed by atoms with van der Waals surface area (Å²) < 4.78 is 38.8. The van der Waals surface area contributed by atoms with E-state index in [2.05, 4.69) is 4.98 Å². The van der Waals surface area contributed by atoms with E-state index in [9.17, 15) is 13.2 Å². The van der Waals surface area contributed by atoms with E-state index in [4.69, 9.17) is 21.1 Å². The Morgan fingerprint density at radius 1 is 1.00 bits per heavy atom. The molecule has 33 heavy (non-hydrogen) atoms. The maximum atomic E-state index is 13.6. The highest BCUT2D eigenvalue weighted by Crippen LogP contribution is 2.26. The predicted molar refractivity (Wildman–Crippen MR) is 127 cm³/mol. The van der Waals surface area contributed by atoms with Crippen LogP contribution in [0.3, 0.4) is 0 Å². The summed E-state index contributed by atoms with van der Waals surface area (Å²) in [7, 11) is -2.30. The van der Waals surface area contributed by atoms with Crippen LogP contribution in [0.2, 0.25) is 5.02 Å². The van der Waals surface area contributed by atoms with Crippen LogP contribution in [-0.4, -0.2) is 37.4 Å². The molecule has 0 saturated carbocycles. The number of carbonyl (C=O) groups excluding carboxylic acids is 1. The number of esters is 1. The molecule has 0 aliphatic heterocycles. The van der Waals surface area contributed by atoms with Gasteiger partial charge in [0, 0.05) is 17.3 Å². The zero-order chi connectivity index (χ0) is 24.2. The minimum Gasteiger partial charge on any atom is -0.497 e. The molecule has 0 radical (unpaired) electrons. The molecule has 2 aromatic carbocycles.